The molecule has 0 aliphatic rings. The van der Waals surface area contributed by atoms with Gasteiger partial charge in [-0.25, -0.2) is 0 Å². The Balaban J connectivity index is 1.80. The van der Waals surface area contributed by atoms with Crippen LogP contribution in [0.25, 0.3) is 0 Å². The van der Waals surface area contributed by atoms with Crippen LogP contribution in [0, 0.1) is 0 Å². The molecule has 0 saturated heterocycles. The molecule has 6 heteroatoms. The van der Waals surface area contributed by atoms with Crippen molar-refractivity contribution in [1.82, 2.24) is 15.1 Å². The van der Waals surface area contributed by atoms with Crippen LogP contribution in [0.3, 0.4) is 0 Å². The van der Waals surface area contributed by atoms with E-state index in [1.54, 1.807) is 36.3 Å². The second-order valence-electron chi connectivity index (χ2n) is 4.23. The maximum atomic E-state index is 12.0. The Labute approximate surface area is 122 Å². The Bertz CT molecular complexity index is 583. The second-order valence-corrected chi connectivity index (χ2v) is 4.67. The van der Waals surface area contributed by atoms with Gasteiger partial charge in [0.1, 0.15) is 5.75 Å². The van der Waals surface area contributed by atoms with E-state index in [2.05, 4.69) is 10.4 Å². The number of rotatable bonds is 6. The number of nitrogens with zero attached hydrogens (tertiary/aromatic N) is 2. The second kappa shape index (κ2) is 6.96. The van der Waals surface area contributed by atoms with E-state index < -0.39 is 0 Å². The Kier molecular flexibility index (Phi) is 5.01. The van der Waals surface area contributed by atoms with Gasteiger partial charge in [-0.1, -0.05) is 23.7 Å². The number of ether oxygens (including phenoxy) is 1. The van der Waals surface area contributed by atoms with E-state index in [1.807, 2.05) is 12.1 Å². The quantitative estimate of drug-likeness (QED) is 0.832. The van der Waals surface area contributed by atoms with Gasteiger partial charge in [-0.05, 0) is 18.6 Å². The number of aromatic nitrogens is 2. The Morgan fingerprint density at radius 2 is 2.25 bits per heavy atom. The van der Waals surface area contributed by atoms with E-state index in [0.717, 1.165) is 6.42 Å². The van der Waals surface area contributed by atoms with E-state index in [0.29, 0.717) is 29.4 Å². The van der Waals surface area contributed by atoms with Crippen LogP contribution >= 0.6 is 11.6 Å². The average molecular weight is 294 g/mol. The number of amides is 1. The van der Waals surface area contributed by atoms with Gasteiger partial charge < -0.3 is 10.1 Å². The number of hydrogen-bond donors (Lipinski definition) is 1. The molecule has 0 spiro atoms. The molecule has 1 amide bonds. The zero-order chi connectivity index (χ0) is 14.4. The van der Waals surface area contributed by atoms with E-state index in [1.165, 1.54) is 0 Å². The molecule has 1 N–H and O–H groups in total. The van der Waals surface area contributed by atoms with Gasteiger partial charge in [0.15, 0.2) is 0 Å². The molecule has 0 fully saturated rings. The fourth-order valence-corrected chi connectivity index (χ4v) is 1.99. The molecule has 1 heterocycles. The molecular weight excluding hydrogens is 278 g/mol. The van der Waals surface area contributed by atoms with Crippen LogP contribution in [0.1, 0.15) is 16.8 Å². The average Bonchev–Trinajstić information content (AvgIpc) is 2.89. The zero-order valence-corrected chi connectivity index (χ0v) is 11.9. The molecule has 106 valence electrons. The van der Waals surface area contributed by atoms with Gasteiger partial charge in [-0.2, -0.15) is 5.10 Å². The largest absolute Gasteiger partial charge is 0.496 e. The van der Waals surface area contributed by atoms with Crippen LogP contribution in [0.2, 0.25) is 5.02 Å². The van der Waals surface area contributed by atoms with Gasteiger partial charge in [0.25, 0.3) is 5.91 Å². The predicted octanol–water partition coefficient (Wildman–Crippen LogP) is 2.37. The number of para-hydroxylation sites is 1. The summed E-state index contributed by atoms with van der Waals surface area (Å²) in [6.45, 7) is 1.27. The number of carbonyl (C=O) groups excluding carboxylic acids is 1. The maximum absolute atomic E-state index is 12.0. The molecule has 0 radical (unpaired) electrons. The minimum atomic E-state index is -0.138. The van der Waals surface area contributed by atoms with Gasteiger partial charge in [0.2, 0.25) is 0 Å². The van der Waals surface area contributed by atoms with Crippen molar-refractivity contribution < 1.29 is 9.53 Å². The lowest BCUT2D eigenvalue weighted by atomic mass is 10.2. The summed E-state index contributed by atoms with van der Waals surface area (Å²) in [4.78, 5) is 12.0. The SMILES string of the molecule is COc1ccccc1C(=O)NCCCn1cc(Cl)cn1. The molecule has 20 heavy (non-hydrogen) atoms. The van der Waals surface area contributed by atoms with Crippen molar-refractivity contribution in [2.45, 2.75) is 13.0 Å². The zero-order valence-electron chi connectivity index (χ0n) is 11.2. The summed E-state index contributed by atoms with van der Waals surface area (Å²) < 4.78 is 6.90. The third-order valence-corrected chi connectivity index (χ3v) is 3.00. The predicted molar refractivity (Wildman–Crippen MR) is 77.2 cm³/mol. The standard InChI is InChI=1S/C14H16ClN3O2/c1-20-13-6-3-2-5-12(13)14(19)16-7-4-8-18-10-11(15)9-17-18/h2-3,5-6,9-10H,4,7-8H2,1H3,(H,16,19). The number of hydrogen-bond acceptors (Lipinski definition) is 3. The Hall–Kier alpha value is -2.01. The fraction of sp³-hybridized carbons (Fsp3) is 0.286. The number of methoxy groups -OCH3 is 1. The smallest absolute Gasteiger partial charge is 0.255 e. The molecule has 0 bridgehead atoms. The first-order chi connectivity index (χ1) is 9.70. The number of benzene rings is 1. The highest BCUT2D eigenvalue weighted by Crippen LogP contribution is 2.16. The maximum Gasteiger partial charge on any atom is 0.255 e. The van der Waals surface area contributed by atoms with Gasteiger partial charge in [-0.3, -0.25) is 9.48 Å². The highest BCUT2D eigenvalue weighted by molar-refractivity contribution is 6.30. The molecule has 0 aliphatic carbocycles. The monoisotopic (exact) mass is 293 g/mol. The first kappa shape index (κ1) is 14.4. The summed E-state index contributed by atoms with van der Waals surface area (Å²) in [7, 11) is 1.55. The first-order valence-corrected chi connectivity index (χ1v) is 6.67. The van der Waals surface area contributed by atoms with E-state index in [-0.39, 0.29) is 5.91 Å². The molecule has 5 nitrogen and oxygen atoms in total. The molecule has 0 atom stereocenters. The van der Waals surface area contributed by atoms with Crippen molar-refractivity contribution in [3.63, 3.8) is 0 Å². The third-order valence-electron chi connectivity index (χ3n) is 2.80. The van der Waals surface area contributed by atoms with Crippen molar-refractivity contribution in [3.8, 4) is 5.75 Å². The summed E-state index contributed by atoms with van der Waals surface area (Å²) in [6, 6.07) is 7.14. The van der Waals surface area contributed by atoms with Gasteiger partial charge in [0, 0.05) is 19.3 Å². The number of aryl methyl sites for hydroxylation is 1. The summed E-state index contributed by atoms with van der Waals surface area (Å²) in [5.41, 5.74) is 0.539. The van der Waals surface area contributed by atoms with Crippen LogP contribution in [0.15, 0.2) is 36.7 Å². The fourth-order valence-electron chi connectivity index (χ4n) is 1.83. The summed E-state index contributed by atoms with van der Waals surface area (Å²) in [6.07, 6.45) is 4.12. The Morgan fingerprint density at radius 3 is 2.95 bits per heavy atom. The van der Waals surface area contributed by atoms with Crippen LogP contribution in [-0.2, 0) is 6.54 Å². The van der Waals surface area contributed by atoms with Crippen molar-refractivity contribution >= 4 is 17.5 Å². The van der Waals surface area contributed by atoms with E-state index in [9.17, 15) is 4.79 Å². The molecule has 1 aromatic carbocycles. The lowest BCUT2D eigenvalue weighted by Gasteiger charge is -2.09. The van der Waals surface area contributed by atoms with E-state index >= 15 is 0 Å². The van der Waals surface area contributed by atoms with Crippen molar-refractivity contribution in [2.24, 2.45) is 0 Å². The van der Waals surface area contributed by atoms with Crippen molar-refractivity contribution in [1.29, 1.82) is 0 Å². The lowest BCUT2D eigenvalue weighted by molar-refractivity contribution is 0.0949. The molecule has 0 unspecified atom stereocenters. The summed E-state index contributed by atoms with van der Waals surface area (Å²) in [5.74, 6) is 0.435. The van der Waals surface area contributed by atoms with Crippen LogP contribution in [0.4, 0.5) is 0 Å². The van der Waals surface area contributed by atoms with Gasteiger partial charge >= 0.3 is 0 Å². The topological polar surface area (TPSA) is 56.1 Å². The Morgan fingerprint density at radius 1 is 1.45 bits per heavy atom. The van der Waals surface area contributed by atoms with Crippen LogP contribution in [-0.4, -0.2) is 29.3 Å². The molecule has 2 aromatic rings. The third kappa shape index (κ3) is 3.74. The van der Waals surface area contributed by atoms with Gasteiger partial charge in [-0.15, -0.1) is 0 Å². The first-order valence-electron chi connectivity index (χ1n) is 6.30. The highest BCUT2D eigenvalue weighted by atomic mass is 35.5. The van der Waals surface area contributed by atoms with Crippen LogP contribution < -0.4 is 10.1 Å². The molecule has 0 saturated carbocycles. The van der Waals surface area contributed by atoms with E-state index in [4.69, 9.17) is 16.3 Å². The number of carbonyl (C=O) groups is 1. The minimum Gasteiger partial charge on any atom is -0.496 e. The van der Waals surface area contributed by atoms with Crippen LogP contribution in [0.5, 0.6) is 5.75 Å². The van der Waals surface area contributed by atoms with Gasteiger partial charge in [0.05, 0.1) is 23.9 Å². The highest BCUT2D eigenvalue weighted by Gasteiger charge is 2.10. The van der Waals surface area contributed by atoms with Crippen molar-refractivity contribution in [3.05, 3.63) is 47.2 Å². The number of halogens is 1. The molecule has 1 aromatic heterocycles. The number of nitrogens with one attached hydrogen (secondary N) is 1. The summed E-state index contributed by atoms with van der Waals surface area (Å²) in [5, 5.41) is 7.54. The van der Waals surface area contributed by atoms with Crippen molar-refractivity contribution in [2.75, 3.05) is 13.7 Å². The lowest BCUT2D eigenvalue weighted by Crippen LogP contribution is -2.25. The molecule has 2 rings (SSSR count). The minimum absolute atomic E-state index is 0.138. The molecule has 0 aliphatic heterocycles. The molecular formula is C14H16ClN3O2. The normalized spacial score (nSPS) is 10.3. The summed E-state index contributed by atoms with van der Waals surface area (Å²) >= 11 is 5.77.